The average Bonchev–Trinajstić information content (AvgIpc) is 2.74. The first-order chi connectivity index (χ1) is 14.7. The second-order valence-corrected chi connectivity index (χ2v) is 7.46. The zero-order valence-corrected chi connectivity index (χ0v) is 17.7. The summed E-state index contributed by atoms with van der Waals surface area (Å²) in [6, 6.07) is 4.07. The van der Waals surface area contributed by atoms with Crippen LogP contribution in [-0.4, -0.2) is 46.3 Å². The predicted molar refractivity (Wildman–Crippen MR) is 113 cm³/mol. The van der Waals surface area contributed by atoms with Crippen molar-refractivity contribution < 1.29 is 18.7 Å². The standard InChI is InChI=1S/C21H25FN6O3/c1-4-5-8-31-17-12-24-16(11-25-17)19(30)26-13-6-7-15(22)14(9-13)21(2)10-18(29)28(3)20(23)27-21/h6-7,9,11-12H,4-5,8,10H2,1-3H3,(H2,23,27)(H,26,30). The fourth-order valence-electron chi connectivity index (χ4n) is 3.10. The zero-order chi connectivity index (χ0) is 22.6. The summed E-state index contributed by atoms with van der Waals surface area (Å²) in [5.41, 5.74) is 5.19. The van der Waals surface area contributed by atoms with Crippen molar-refractivity contribution >= 4 is 23.5 Å². The number of rotatable bonds is 7. The second kappa shape index (κ2) is 9.07. The van der Waals surface area contributed by atoms with E-state index in [-0.39, 0.29) is 29.5 Å². The van der Waals surface area contributed by atoms with Crippen LogP contribution in [0.15, 0.2) is 35.6 Å². The molecule has 0 aliphatic carbocycles. The molecular formula is C21H25FN6O3. The molecule has 0 saturated heterocycles. The topological polar surface area (TPSA) is 123 Å². The summed E-state index contributed by atoms with van der Waals surface area (Å²) in [5.74, 6) is -1.01. The number of hydrogen-bond donors (Lipinski definition) is 2. The first-order valence-corrected chi connectivity index (χ1v) is 9.91. The number of benzene rings is 1. The van der Waals surface area contributed by atoms with E-state index in [1.165, 1.54) is 42.5 Å². The van der Waals surface area contributed by atoms with Gasteiger partial charge in [-0.15, -0.1) is 0 Å². The number of aromatic nitrogens is 2. The van der Waals surface area contributed by atoms with Gasteiger partial charge < -0.3 is 15.8 Å². The van der Waals surface area contributed by atoms with E-state index >= 15 is 0 Å². The first kappa shape index (κ1) is 22.1. The van der Waals surface area contributed by atoms with E-state index in [1.807, 2.05) is 0 Å². The molecule has 0 bridgehead atoms. The van der Waals surface area contributed by atoms with Crippen molar-refractivity contribution in [1.82, 2.24) is 14.9 Å². The third kappa shape index (κ3) is 4.96. The lowest BCUT2D eigenvalue weighted by Crippen LogP contribution is -2.47. The number of carbonyl (C=O) groups excluding carboxylic acids is 2. The predicted octanol–water partition coefficient (Wildman–Crippen LogP) is 2.44. The van der Waals surface area contributed by atoms with Gasteiger partial charge in [0, 0.05) is 18.3 Å². The number of hydrogen-bond acceptors (Lipinski definition) is 7. The molecule has 9 nitrogen and oxygen atoms in total. The lowest BCUT2D eigenvalue weighted by atomic mass is 9.87. The van der Waals surface area contributed by atoms with Gasteiger partial charge in [0.1, 0.15) is 11.5 Å². The van der Waals surface area contributed by atoms with Crippen molar-refractivity contribution in [2.45, 2.75) is 38.6 Å². The molecule has 3 rings (SSSR count). The Morgan fingerprint density at radius 3 is 2.77 bits per heavy atom. The van der Waals surface area contributed by atoms with E-state index in [1.54, 1.807) is 6.92 Å². The summed E-state index contributed by atoms with van der Waals surface area (Å²) >= 11 is 0. The average molecular weight is 428 g/mol. The summed E-state index contributed by atoms with van der Waals surface area (Å²) in [4.78, 5) is 38.4. The summed E-state index contributed by atoms with van der Waals surface area (Å²) in [6.45, 7) is 4.20. The van der Waals surface area contributed by atoms with E-state index in [9.17, 15) is 14.0 Å². The van der Waals surface area contributed by atoms with Gasteiger partial charge in [-0.3, -0.25) is 14.5 Å². The zero-order valence-electron chi connectivity index (χ0n) is 17.7. The van der Waals surface area contributed by atoms with Crippen LogP contribution in [0.1, 0.15) is 49.2 Å². The third-order valence-electron chi connectivity index (χ3n) is 4.99. The summed E-state index contributed by atoms with van der Waals surface area (Å²) in [7, 11) is 1.51. The molecule has 2 heterocycles. The Labute approximate surface area is 179 Å². The summed E-state index contributed by atoms with van der Waals surface area (Å²) in [5, 5.41) is 2.66. The molecule has 0 fully saturated rings. The van der Waals surface area contributed by atoms with Crippen LogP contribution in [0.2, 0.25) is 0 Å². The minimum atomic E-state index is -1.18. The minimum absolute atomic E-state index is 0.00380. The molecular weight excluding hydrogens is 403 g/mol. The summed E-state index contributed by atoms with van der Waals surface area (Å²) < 4.78 is 20.0. The maximum absolute atomic E-state index is 14.6. The van der Waals surface area contributed by atoms with Crippen LogP contribution in [-0.2, 0) is 10.3 Å². The number of nitrogens with zero attached hydrogens (tertiary/aromatic N) is 4. The highest BCUT2D eigenvalue weighted by molar-refractivity contribution is 6.03. The number of aliphatic imine (C=N–C) groups is 1. The van der Waals surface area contributed by atoms with Crippen LogP contribution in [0.5, 0.6) is 5.88 Å². The van der Waals surface area contributed by atoms with Crippen molar-refractivity contribution in [3.63, 3.8) is 0 Å². The quantitative estimate of drug-likeness (QED) is 0.653. The van der Waals surface area contributed by atoms with Crippen LogP contribution in [0, 0.1) is 5.82 Å². The molecule has 10 heteroatoms. The highest BCUT2D eigenvalue weighted by atomic mass is 19.1. The number of guanidine groups is 1. The van der Waals surface area contributed by atoms with Gasteiger partial charge in [-0.25, -0.2) is 19.4 Å². The van der Waals surface area contributed by atoms with Crippen LogP contribution < -0.4 is 15.8 Å². The second-order valence-electron chi connectivity index (χ2n) is 7.46. The fourth-order valence-corrected chi connectivity index (χ4v) is 3.10. The molecule has 2 amide bonds. The molecule has 3 N–H and O–H groups in total. The van der Waals surface area contributed by atoms with Crippen molar-refractivity contribution in [2.24, 2.45) is 10.7 Å². The Morgan fingerprint density at radius 2 is 2.13 bits per heavy atom. The number of nitrogens with two attached hydrogens (primary N) is 1. The molecule has 2 aromatic rings. The van der Waals surface area contributed by atoms with Crippen LogP contribution in [0.25, 0.3) is 0 Å². The van der Waals surface area contributed by atoms with Crippen molar-refractivity contribution in [3.8, 4) is 5.88 Å². The maximum Gasteiger partial charge on any atom is 0.275 e. The van der Waals surface area contributed by atoms with Gasteiger partial charge in [0.2, 0.25) is 11.8 Å². The number of unbranched alkanes of at least 4 members (excludes halogenated alkanes) is 1. The molecule has 31 heavy (non-hydrogen) atoms. The van der Waals surface area contributed by atoms with E-state index < -0.39 is 17.3 Å². The van der Waals surface area contributed by atoms with Gasteiger partial charge in [-0.05, 0) is 31.5 Å². The normalized spacial score (nSPS) is 18.5. The SMILES string of the molecule is CCCCOc1cnc(C(=O)Nc2ccc(F)c(C3(C)CC(=O)N(C)C(N)=N3)c2)cn1. The number of anilines is 1. The Bertz CT molecular complexity index is 1010. The van der Waals surface area contributed by atoms with Gasteiger partial charge in [0.05, 0.1) is 31.0 Å². The lowest BCUT2D eigenvalue weighted by molar-refractivity contribution is -0.128. The Morgan fingerprint density at radius 1 is 1.35 bits per heavy atom. The van der Waals surface area contributed by atoms with Crippen LogP contribution in [0.3, 0.4) is 0 Å². The maximum atomic E-state index is 14.6. The monoisotopic (exact) mass is 428 g/mol. The molecule has 1 unspecified atom stereocenters. The van der Waals surface area contributed by atoms with Crippen molar-refractivity contribution in [1.29, 1.82) is 0 Å². The van der Waals surface area contributed by atoms with E-state index in [0.717, 1.165) is 12.8 Å². The van der Waals surface area contributed by atoms with Gasteiger partial charge in [-0.2, -0.15) is 0 Å². The number of amides is 2. The first-order valence-electron chi connectivity index (χ1n) is 9.91. The molecule has 1 atom stereocenters. The lowest BCUT2D eigenvalue weighted by Gasteiger charge is -2.34. The Kier molecular flexibility index (Phi) is 6.47. The van der Waals surface area contributed by atoms with Crippen LogP contribution >= 0.6 is 0 Å². The van der Waals surface area contributed by atoms with E-state index in [0.29, 0.717) is 18.2 Å². The largest absolute Gasteiger partial charge is 0.477 e. The fraction of sp³-hybridized carbons (Fsp3) is 0.381. The van der Waals surface area contributed by atoms with Gasteiger partial charge in [0.15, 0.2) is 5.96 Å². The van der Waals surface area contributed by atoms with Crippen LogP contribution in [0.4, 0.5) is 10.1 Å². The van der Waals surface area contributed by atoms with Crippen molar-refractivity contribution in [3.05, 3.63) is 47.7 Å². The van der Waals surface area contributed by atoms with E-state index in [4.69, 9.17) is 10.5 Å². The molecule has 0 spiro atoms. The highest BCUT2D eigenvalue weighted by Crippen LogP contribution is 2.35. The third-order valence-corrected chi connectivity index (χ3v) is 4.99. The highest BCUT2D eigenvalue weighted by Gasteiger charge is 2.38. The molecule has 164 valence electrons. The molecule has 0 radical (unpaired) electrons. The number of ether oxygens (including phenoxy) is 1. The molecule has 1 aromatic heterocycles. The molecule has 0 saturated carbocycles. The molecule has 1 aliphatic rings. The Balaban J connectivity index is 1.78. The number of halogens is 1. The summed E-state index contributed by atoms with van der Waals surface area (Å²) in [6.07, 6.45) is 4.53. The van der Waals surface area contributed by atoms with Gasteiger partial charge in [0.25, 0.3) is 5.91 Å². The molecule has 1 aromatic carbocycles. The number of nitrogens with one attached hydrogen (secondary N) is 1. The Hall–Kier alpha value is -3.56. The minimum Gasteiger partial charge on any atom is -0.477 e. The van der Waals surface area contributed by atoms with Crippen molar-refractivity contribution in [2.75, 3.05) is 19.0 Å². The smallest absolute Gasteiger partial charge is 0.275 e. The van der Waals surface area contributed by atoms with E-state index in [2.05, 4.69) is 27.2 Å². The van der Waals surface area contributed by atoms with Gasteiger partial charge in [-0.1, -0.05) is 13.3 Å². The molecule has 1 aliphatic heterocycles. The number of carbonyl (C=O) groups is 2. The van der Waals surface area contributed by atoms with Gasteiger partial charge >= 0.3 is 0 Å².